The monoisotopic (exact) mass is 637 g/mol. The average molecular weight is 638 g/mol. The second kappa shape index (κ2) is 11.5. The topological polar surface area (TPSA) is 79.5 Å². The molecule has 2 atom stereocenters. The summed E-state index contributed by atoms with van der Waals surface area (Å²) in [4.78, 5) is 2.37. The summed E-state index contributed by atoms with van der Waals surface area (Å²) in [6, 6.07) is 52.5. The molecule has 2 aliphatic rings. The number of nitriles is 3. The molecule has 0 radical (unpaired) electrons. The third-order valence-corrected chi connectivity index (χ3v) is 9.96. The predicted molar refractivity (Wildman–Crippen MR) is 199 cm³/mol. The van der Waals surface area contributed by atoms with Crippen molar-refractivity contribution in [1.82, 2.24) is 4.57 Å². The van der Waals surface area contributed by atoms with E-state index in [1.54, 1.807) is 0 Å². The van der Waals surface area contributed by atoms with Gasteiger partial charge in [0.15, 0.2) is 0 Å². The number of hydrogen-bond donors (Lipinski definition) is 0. The van der Waals surface area contributed by atoms with Gasteiger partial charge in [0.05, 0.1) is 46.4 Å². The Morgan fingerprint density at radius 1 is 0.540 bits per heavy atom. The highest BCUT2D eigenvalue weighted by Gasteiger charge is 2.39. The number of aromatic nitrogens is 1. The van der Waals surface area contributed by atoms with Crippen molar-refractivity contribution in [2.75, 3.05) is 4.90 Å². The minimum absolute atomic E-state index is 0.0245. The standard InChI is InChI=1S/C45H27N5/c46-26-29-16-18-44-39(22-29)37-11-2-5-14-42(37)49(44)35-9-7-8-32(25-35)33-20-31(28-48)21-34(24-33)36-10-1-4-13-41(36)50-43-15-6-3-12-38(43)40-23-30(27-47)17-19-45(40)50/h1-25,40,45H. The quantitative estimate of drug-likeness (QED) is 0.192. The van der Waals surface area contributed by atoms with Crippen LogP contribution >= 0.6 is 0 Å². The first-order valence-corrected chi connectivity index (χ1v) is 16.5. The minimum Gasteiger partial charge on any atom is -0.333 e. The zero-order chi connectivity index (χ0) is 33.8. The van der Waals surface area contributed by atoms with E-state index in [0.29, 0.717) is 16.7 Å². The van der Waals surface area contributed by atoms with Gasteiger partial charge in [0, 0.05) is 44.9 Å². The van der Waals surface area contributed by atoms with Crippen molar-refractivity contribution in [3.8, 4) is 46.1 Å². The van der Waals surface area contributed by atoms with Gasteiger partial charge in [-0.15, -0.1) is 0 Å². The summed E-state index contributed by atoms with van der Waals surface area (Å²) in [6.07, 6.45) is 6.13. The van der Waals surface area contributed by atoms with E-state index >= 15 is 0 Å². The van der Waals surface area contributed by atoms with Gasteiger partial charge in [0.25, 0.3) is 0 Å². The van der Waals surface area contributed by atoms with Gasteiger partial charge in [-0.3, -0.25) is 0 Å². The van der Waals surface area contributed by atoms with Gasteiger partial charge in [-0.1, -0.05) is 78.9 Å². The molecule has 0 fully saturated rings. The Hall–Kier alpha value is -7.13. The third kappa shape index (κ3) is 4.52. The Morgan fingerprint density at radius 3 is 2.16 bits per heavy atom. The molecule has 0 spiro atoms. The van der Waals surface area contributed by atoms with E-state index in [1.165, 1.54) is 5.56 Å². The summed E-state index contributed by atoms with van der Waals surface area (Å²) in [7, 11) is 0. The number of hydrogen-bond acceptors (Lipinski definition) is 4. The SMILES string of the molecule is N#CC1=CC2c3ccccc3N(c3ccccc3-c3cc(C#N)cc(-c4cccc(-n5c6ccccc6c6cc(C#N)ccc65)c4)c3)C2C=C1. The lowest BCUT2D eigenvalue weighted by atomic mass is 9.88. The Kier molecular flexibility index (Phi) is 6.70. The Labute approximate surface area is 289 Å². The summed E-state index contributed by atoms with van der Waals surface area (Å²) in [5.74, 6) is 0.0648. The first-order valence-electron chi connectivity index (χ1n) is 16.5. The molecule has 0 saturated carbocycles. The van der Waals surface area contributed by atoms with Crippen LogP contribution in [0.4, 0.5) is 11.4 Å². The molecular formula is C45H27N5. The van der Waals surface area contributed by atoms with E-state index in [-0.39, 0.29) is 12.0 Å². The van der Waals surface area contributed by atoms with Gasteiger partial charge in [0.2, 0.25) is 0 Å². The lowest BCUT2D eigenvalue weighted by Gasteiger charge is -2.31. The minimum atomic E-state index is 0.0245. The maximum absolute atomic E-state index is 10.2. The number of anilines is 2. The number of allylic oxidation sites excluding steroid dienone is 2. The summed E-state index contributed by atoms with van der Waals surface area (Å²) in [6.45, 7) is 0. The number of benzene rings is 6. The molecule has 5 heteroatoms. The van der Waals surface area contributed by atoms with Crippen LogP contribution in [0.2, 0.25) is 0 Å². The normalized spacial score (nSPS) is 15.9. The van der Waals surface area contributed by atoms with E-state index in [1.807, 2.05) is 54.6 Å². The number of rotatable bonds is 4. The number of para-hydroxylation sites is 3. The van der Waals surface area contributed by atoms with Crippen LogP contribution < -0.4 is 4.90 Å². The number of nitrogens with zero attached hydrogens (tertiary/aromatic N) is 5. The first kappa shape index (κ1) is 29.0. The van der Waals surface area contributed by atoms with E-state index in [9.17, 15) is 15.8 Å². The molecule has 1 aliphatic carbocycles. The van der Waals surface area contributed by atoms with Crippen molar-refractivity contribution in [3.05, 3.63) is 174 Å². The molecule has 2 unspecified atom stereocenters. The molecule has 0 saturated heterocycles. The van der Waals surface area contributed by atoms with Gasteiger partial charge < -0.3 is 9.47 Å². The summed E-state index contributed by atoms with van der Waals surface area (Å²) in [5, 5.41) is 31.6. The van der Waals surface area contributed by atoms with Gasteiger partial charge in [-0.25, -0.2) is 0 Å². The zero-order valence-corrected chi connectivity index (χ0v) is 26.8. The van der Waals surface area contributed by atoms with Crippen LogP contribution in [0.25, 0.3) is 49.7 Å². The van der Waals surface area contributed by atoms with Crippen LogP contribution in [-0.2, 0) is 0 Å². The van der Waals surface area contributed by atoms with Gasteiger partial charge in [0.1, 0.15) is 0 Å². The molecule has 5 nitrogen and oxygen atoms in total. The van der Waals surface area contributed by atoms with Crippen molar-refractivity contribution in [3.63, 3.8) is 0 Å². The average Bonchev–Trinajstić information content (AvgIpc) is 3.69. The van der Waals surface area contributed by atoms with E-state index < -0.39 is 0 Å². The summed E-state index contributed by atoms with van der Waals surface area (Å²) < 4.78 is 2.24. The fourth-order valence-electron chi connectivity index (χ4n) is 7.79. The second-order valence-corrected chi connectivity index (χ2v) is 12.7. The zero-order valence-electron chi connectivity index (χ0n) is 26.8. The van der Waals surface area contributed by atoms with Crippen molar-refractivity contribution in [2.24, 2.45) is 0 Å². The highest BCUT2D eigenvalue weighted by Crippen LogP contribution is 2.50. The third-order valence-electron chi connectivity index (χ3n) is 9.96. The largest absolute Gasteiger partial charge is 0.333 e. The molecule has 2 heterocycles. The predicted octanol–water partition coefficient (Wildman–Crippen LogP) is 10.5. The molecule has 0 bridgehead atoms. The maximum Gasteiger partial charge on any atom is 0.0992 e. The van der Waals surface area contributed by atoms with Crippen LogP contribution in [0.3, 0.4) is 0 Å². The number of fused-ring (bicyclic) bond motifs is 6. The van der Waals surface area contributed by atoms with Crippen molar-refractivity contribution in [2.45, 2.75) is 12.0 Å². The van der Waals surface area contributed by atoms with E-state index in [4.69, 9.17) is 0 Å². The molecule has 50 heavy (non-hydrogen) atoms. The molecule has 1 aliphatic heterocycles. The van der Waals surface area contributed by atoms with Crippen LogP contribution in [0.15, 0.2) is 157 Å². The molecule has 232 valence electrons. The first-order chi connectivity index (χ1) is 24.6. The Bertz CT molecular complexity index is 2720. The maximum atomic E-state index is 10.2. The van der Waals surface area contributed by atoms with E-state index in [2.05, 4.69) is 125 Å². The fourth-order valence-corrected chi connectivity index (χ4v) is 7.79. The van der Waals surface area contributed by atoms with Crippen molar-refractivity contribution in [1.29, 1.82) is 15.8 Å². The lowest BCUT2D eigenvalue weighted by molar-refractivity contribution is 0.742. The van der Waals surface area contributed by atoms with Crippen molar-refractivity contribution >= 4 is 33.2 Å². The summed E-state index contributed by atoms with van der Waals surface area (Å²) in [5.41, 5.74) is 12.3. The molecular weight excluding hydrogens is 611 g/mol. The molecule has 7 aromatic rings. The van der Waals surface area contributed by atoms with Crippen LogP contribution in [-0.4, -0.2) is 10.6 Å². The highest BCUT2D eigenvalue weighted by molar-refractivity contribution is 6.09. The molecule has 1 aromatic heterocycles. The van der Waals surface area contributed by atoms with Gasteiger partial charge in [-0.05, 0) is 95.1 Å². The van der Waals surface area contributed by atoms with E-state index in [0.717, 1.165) is 61.1 Å². The molecule has 0 N–H and O–H groups in total. The van der Waals surface area contributed by atoms with Gasteiger partial charge >= 0.3 is 0 Å². The Balaban J connectivity index is 1.18. The second-order valence-electron chi connectivity index (χ2n) is 12.7. The highest BCUT2D eigenvalue weighted by atomic mass is 15.2. The van der Waals surface area contributed by atoms with Crippen LogP contribution in [0.5, 0.6) is 0 Å². The molecule has 6 aromatic carbocycles. The summed E-state index contributed by atoms with van der Waals surface area (Å²) >= 11 is 0. The molecule has 9 rings (SSSR count). The molecule has 0 amide bonds. The van der Waals surface area contributed by atoms with Crippen molar-refractivity contribution < 1.29 is 0 Å². The fraction of sp³-hybridized carbons (Fsp3) is 0.0444. The Morgan fingerprint density at radius 2 is 1.30 bits per heavy atom. The van der Waals surface area contributed by atoms with Crippen LogP contribution in [0.1, 0.15) is 22.6 Å². The van der Waals surface area contributed by atoms with Crippen LogP contribution in [0, 0.1) is 34.0 Å². The lowest BCUT2D eigenvalue weighted by Crippen LogP contribution is -2.29. The van der Waals surface area contributed by atoms with Gasteiger partial charge in [-0.2, -0.15) is 15.8 Å². The smallest absolute Gasteiger partial charge is 0.0992 e.